The van der Waals surface area contributed by atoms with Gasteiger partial charge in [0.05, 0.1) is 11.9 Å². The molecule has 29 heavy (non-hydrogen) atoms. The van der Waals surface area contributed by atoms with Crippen LogP contribution >= 0.6 is 12.4 Å². The molecule has 2 aromatic carbocycles. The SMILES string of the molecule is Cl.c1ccc2nn(CCCCN3CCN(c4noc5ccccc45)CC3)nc2c1. The van der Waals surface area contributed by atoms with Crippen LogP contribution in [0.5, 0.6) is 0 Å². The molecule has 1 saturated heterocycles. The van der Waals surface area contributed by atoms with Crippen molar-refractivity contribution in [2.75, 3.05) is 37.6 Å². The number of hydrogen-bond acceptors (Lipinski definition) is 6. The van der Waals surface area contributed by atoms with E-state index in [0.29, 0.717) is 0 Å². The van der Waals surface area contributed by atoms with E-state index >= 15 is 0 Å². The Hall–Kier alpha value is -2.64. The Balaban J connectivity index is 0.00000205. The van der Waals surface area contributed by atoms with Gasteiger partial charge in [-0.1, -0.05) is 29.4 Å². The zero-order valence-corrected chi connectivity index (χ0v) is 17.1. The van der Waals surface area contributed by atoms with Crippen molar-refractivity contribution in [3.05, 3.63) is 48.5 Å². The Bertz CT molecular complexity index is 1040. The number of benzene rings is 2. The Labute approximate surface area is 175 Å². The van der Waals surface area contributed by atoms with Crippen LogP contribution in [0.15, 0.2) is 53.1 Å². The van der Waals surface area contributed by atoms with Crippen LogP contribution in [0.4, 0.5) is 5.82 Å². The highest BCUT2D eigenvalue weighted by molar-refractivity contribution is 5.88. The van der Waals surface area contributed by atoms with Crippen molar-refractivity contribution in [1.82, 2.24) is 25.1 Å². The number of hydrogen-bond donors (Lipinski definition) is 0. The Morgan fingerprint density at radius 3 is 2.21 bits per heavy atom. The second-order valence-electron chi connectivity index (χ2n) is 7.32. The van der Waals surface area contributed by atoms with Crippen LogP contribution in [0.25, 0.3) is 22.0 Å². The minimum Gasteiger partial charge on any atom is -0.354 e. The third-order valence-corrected chi connectivity index (χ3v) is 5.44. The number of unbranched alkanes of at least 4 members (excludes halogenated alkanes) is 1. The lowest BCUT2D eigenvalue weighted by Crippen LogP contribution is -2.46. The monoisotopic (exact) mass is 412 g/mol. The van der Waals surface area contributed by atoms with E-state index in [4.69, 9.17) is 4.52 Å². The molecule has 0 atom stereocenters. The number of piperazine rings is 1. The van der Waals surface area contributed by atoms with Crippen molar-refractivity contribution in [3.63, 3.8) is 0 Å². The predicted molar refractivity (Wildman–Crippen MR) is 117 cm³/mol. The third kappa shape index (κ3) is 4.21. The van der Waals surface area contributed by atoms with Crippen LogP contribution < -0.4 is 4.90 Å². The van der Waals surface area contributed by atoms with Crippen molar-refractivity contribution in [2.45, 2.75) is 19.4 Å². The smallest absolute Gasteiger partial charge is 0.180 e. The minimum atomic E-state index is 0. The lowest BCUT2D eigenvalue weighted by Gasteiger charge is -2.34. The average Bonchev–Trinajstić information content (AvgIpc) is 3.35. The average molecular weight is 413 g/mol. The van der Waals surface area contributed by atoms with Gasteiger partial charge in [0.2, 0.25) is 0 Å². The minimum absolute atomic E-state index is 0. The van der Waals surface area contributed by atoms with Crippen molar-refractivity contribution < 1.29 is 4.52 Å². The number of fused-ring (bicyclic) bond motifs is 2. The molecular weight excluding hydrogens is 388 g/mol. The first kappa shape index (κ1) is 19.7. The van der Waals surface area contributed by atoms with Gasteiger partial charge in [0.1, 0.15) is 11.0 Å². The van der Waals surface area contributed by atoms with E-state index in [1.54, 1.807) is 0 Å². The topological polar surface area (TPSA) is 63.2 Å². The molecule has 0 spiro atoms. The van der Waals surface area contributed by atoms with E-state index < -0.39 is 0 Å². The van der Waals surface area contributed by atoms with Crippen LogP contribution in [-0.4, -0.2) is 57.8 Å². The third-order valence-electron chi connectivity index (χ3n) is 5.44. The zero-order chi connectivity index (χ0) is 18.8. The van der Waals surface area contributed by atoms with Gasteiger partial charge in [-0.3, -0.25) is 4.90 Å². The summed E-state index contributed by atoms with van der Waals surface area (Å²) < 4.78 is 5.45. The van der Waals surface area contributed by atoms with Gasteiger partial charge in [-0.15, -0.1) is 12.4 Å². The van der Waals surface area contributed by atoms with Gasteiger partial charge in [-0.05, 0) is 43.7 Å². The van der Waals surface area contributed by atoms with E-state index in [1.807, 2.05) is 47.3 Å². The lowest BCUT2D eigenvalue weighted by atomic mass is 10.2. The molecule has 0 bridgehead atoms. The molecule has 1 aliphatic rings. The van der Waals surface area contributed by atoms with Gasteiger partial charge in [0, 0.05) is 26.2 Å². The highest BCUT2D eigenvalue weighted by Crippen LogP contribution is 2.26. The number of nitrogens with zero attached hydrogens (tertiary/aromatic N) is 6. The highest BCUT2D eigenvalue weighted by atomic mass is 35.5. The van der Waals surface area contributed by atoms with E-state index in [0.717, 1.165) is 79.9 Å². The summed E-state index contributed by atoms with van der Waals surface area (Å²) in [5.74, 6) is 0.979. The molecule has 1 aliphatic heterocycles. The van der Waals surface area contributed by atoms with Crippen LogP contribution in [0.1, 0.15) is 12.8 Å². The van der Waals surface area contributed by atoms with Crippen molar-refractivity contribution in [3.8, 4) is 0 Å². The van der Waals surface area contributed by atoms with Gasteiger partial charge in [-0.2, -0.15) is 15.0 Å². The molecule has 152 valence electrons. The molecule has 5 rings (SSSR count). The zero-order valence-electron chi connectivity index (χ0n) is 16.3. The second kappa shape index (κ2) is 8.80. The largest absolute Gasteiger partial charge is 0.354 e. The van der Waals surface area contributed by atoms with Gasteiger partial charge in [0.25, 0.3) is 0 Å². The quantitative estimate of drug-likeness (QED) is 0.451. The molecule has 1 fully saturated rings. The maximum atomic E-state index is 5.45. The molecule has 0 radical (unpaired) electrons. The number of para-hydroxylation sites is 1. The van der Waals surface area contributed by atoms with E-state index in [2.05, 4.69) is 31.2 Å². The van der Waals surface area contributed by atoms with Crippen LogP contribution in [-0.2, 0) is 6.54 Å². The van der Waals surface area contributed by atoms with Gasteiger partial charge in [0.15, 0.2) is 11.4 Å². The molecule has 0 aliphatic carbocycles. The molecule has 0 saturated carbocycles. The van der Waals surface area contributed by atoms with Gasteiger partial charge < -0.3 is 9.42 Å². The van der Waals surface area contributed by atoms with Crippen LogP contribution in [0.2, 0.25) is 0 Å². The molecule has 0 N–H and O–H groups in total. The molecule has 7 nitrogen and oxygen atoms in total. The van der Waals surface area contributed by atoms with Gasteiger partial charge >= 0.3 is 0 Å². The van der Waals surface area contributed by atoms with E-state index in [1.165, 1.54) is 0 Å². The molecule has 2 aromatic heterocycles. The second-order valence-corrected chi connectivity index (χ2v) is 7.32. The van der Waals surface area contributed by atoms with Crippen LogP contribution in [0, 0.1) is 0 Å². The summed E-state index contributed by atoms with van der Waals surface area (Å²) in [5.41, 5.74) is 2.80. The maximum absolute atomic E-state index is 5.45. The number of rotatable bonds is 6. The van der Waals surface area contributed by atoms with Crippen molar-refractivity contribution in [1.29, 1.82) is 0 Å². The lowest BCUT2D eigenvalue weighted by molar-refractivity contribution is 0.249. The summed E-state index contributed by atoms with van der Waals surface area (Å²) in [5, 5.41) is 14.5. The molecule has 8 heteroatoms. The molecule has 3 heterocycles. The summed E-state index contributed by atoms with van der Waals surface area (Å²) in [7, 11) is 0. The molecular formula is C21H25ClN6O. The van der Waals surface area contributed by atoms with E-state index in [9.17, 15) is 0 Å². The highest BCUT2D eigenvalue weighted by Gasteiger charge is 2.21. The fraction of sp³-hybridized carbons (Fsp3) is 0.381. The summed E-state index contributed by atoms with van der Waals surface area (Å²) in [6.45, 7) is 6.09. The molecule has 4 aromatic rings. The Kier molecular flexibility index (Phi) is 5.97. The summed E-state index contributed by atoms with van der Waals surface area (Å²) in [6, 6.07) is 16.1. The standard InChI is InChI=1S/C21H24N6O.ClH/c1-4-10-20-17(7-1)21(24-28-20)26-15-13-25(14-16-26)11-5-6-12-27-22-18-8-2-3-9-19(18)23-27;/h1-4,7-10H,5-6,11-16H2;1H. The summed E-state index contributed by atoms with van der Waals surface area (Å²) in [4.78, 5) is 6.70. The van der Waals surface area contributed by atoms with Crippen molar-refractivity contribution in [2.24, 2.45) is 0 Å². The van der Waals surface area contributed by atoms with Gasteiger partial charge in [-0.25, -0.2) is 0 Å². The fourth-order valence-corrected chi connectivity index (χ4v) is 3.88. The summed E-state index contributed by atoms with van der Waals surface area (Å²) >= 11 is 0. The van der Waals surface area contributed by atoms with Crippen LogP contribution in [0.3, 0.4) is 0 Å². The Morgan fingerprint density at radius 2 is 1.45 bits per heavy atom. The number of halogens is 1. The molecule has 0 amide bonds. The summed E-state index contributed by atoms with van der Waals surface area (Å²) in [6.07, 6.45) is 2.25. The van der Waals surface area contributed by atoms with Crippen molar-refractivity contribution >= 4 is 40.2 Å². The predicted octanol–water partition coefficient (Wildman–Crippen LogP) is 3.60. The first-order chi connectivity index (χ1) is 13.9. The first-order valence-electron chi connectivity index (χ1n) is 9.98. The number of aromatic nitrogens is 4. The fourth-order valence-electron chi connectivity index (χ4n) is 3.88. The molecule has 0 unspecified atom stereocenters. The number of anilines is 1. The first-order valence-corrected chi connectivity index (χ1v) is 9.98. The van der Waals surface area contributed by atoms with E-state index in [-0.39, 0.29) is 12.4 Å². The Morgan fingerprint density at radius 1 is 0.793 bits per heavy atom. The normalized spacial score (nSPS) is 15.1. The number of aryl methyl sites for hydroxylation is 1. The maximum Gasteiger partial charge on any atom is 0.180 e.